The number of benzene rings is 1. The van der Waals surface area contributed by atoms with E-state index in [-0.39, 0.29) is 5.69 Å². The second-order valence-electron chi connectivity index (χ2n) is 5.48. The Bertz CT molecular complexity index is 782. The summed E-state index contributed by atoms with van der Waals surface area (Å²) < 4.78 is 0. The highest BCUT2D eigenvalue weighted by molar-refractivity contribution is 7.98. The van der Waals surface area contributed by atoms with Gasteiger partial charge in [0.05, 0.1) is 10.5 Å². The van der Waals surface area contributed by atoms with Crippen LogP contribution in [0.4, 0.5) is 5.69 Å². The van der Waals surface area contributed by atoms with E-state index in [1.165, 1.54) is 29.5 Å². The third-order valence-electron chi connectivity index (χ3n) is 3.91. The SMILES string of the molecule is N#Cc1cc2c(nc1SCc1ccc([N+](=O)[O-])cc1)CCCC2. The maximum Gasteiger partial charge on any atom is 0.269 e. The summed E-state index contributed by atoms with van der Waals surface area (Å²) in [5.41, 5.74) is 4.00. The Balaban J connectivity index is 1.77. The number of fused-ring (bicyclic) bond motifs is 1. The van der Waals surface area contributed by atoms with E-state index in [4.69, 9.17) is 0 Å². The maximum atomic E-state index is 10.7. The quantitative estimate of drug-likeness (QED) is 0.481. The van der Waals surface area contributed by atoms with Crippen molar-refractivity contribution in [1.82, 2.24) is 4.98 Å². The monoisotopic (exact) mass is 325 g/mol. The number of hydrogen-bond acceptors (Lipinski definition) is 5. The molecular formula is C17H15N3O2S. The summed E-state index contributed by atoms with van der Waals surface area (Å²) >= 11 is 1.51. The highest BCUT2D eigenvalue weighted by Gasteiger charge is 2.15. The fraction of sp³-hybridized carbons (Fsp3) is 0.294. The lowest BCUT2D eigenvalue weighted by atomic mass is 9.95. The van der Waals surface area contributed by atoms with E-state index in [0.29, 0.717) is 11.3 Å². The van der Waals surface area contributed by atoms with Crippen molar-refractivity contribution in [1.29, 1.82) is 5.26 Å². The molecule has 0 unspecified atom stereocenters. The summed E-state index contributed by atoms with van der Waals surface area (Å²) in [6.45, 7) is 0. The Morgan fingerprint density at radius 1 is 1.26 bits per heavy atom. The zero-order valence-electron chi connectivity index (χ0n) is 12.5. The first kappa shape index (κ1) is 15.5. The lowest BCUT2D eigenvalue weighted by Crippen LogP contribution is -2.07. The smallest absolute Gasteiger partial charge is 0.258 e. The van der Waals surface area contributed by atoms with Crippen molar-refractivity contribution in [2.75, 3.05) is 0 Å². The number of rotatable bonds is 4. The molecule has 1 heterocycles. The zero-order chi connectivity index (χ0) is 16.2. The van der Waals surface area contributed by atoms with Gasteiger partial charge in [-0.25, -0.2) is 4.98 Å². The van der Waals surface area contributed by atoms with Crippen LogP contribution < -0.4 is 0 Å². The Hall–Kier alpha value is -2.39. The molecule has 1 aliphatic rings. The van der Waals surface area contributed by atoms with Gasteiger partial charge >= 0.3 is 0 Å². The number of hydrogen-bond donors (Lipinski definition) is 0. The van der Waals surface area contributed by atoms with E-state index in [9.17, 15) is 15.4 Å². The maximum absolute atomic E-state index is 10.7. The minimum atomic E-state index is -0.407. The number of thioether (sulfide) groups is 1. The molecule has 0 N–H and O–H groups in total. The second-order valence-corrected chi connectivity index (χ2v) is 6.44. The summed E-state index contributed by atoms with van der Waals surface area (Å²) in [7, 11) is 0. The zero-order valence-corrected chi connectivity index (χ0v) is 13.3. The summed E-state index contributed by atoms with van der Waals surface area (Å²) in [6.07, 6.45) is 4.30. The van der Waals surface area contributed by atoms with Crippen LogP contribution in [0.15, 0.2) is 35.4 Å². The molecule has 2 aromatic rings. The van der Waals surface area contributed by atoms with E-state index in [0.717, 1.165) is 42.0 Å². The van der Waals surface area contributed by atoms with E-state index in [1.54, 1.807) is 12.1 Å². The van der Waals surface area contributed by atoms with Gasteiger partial charge in [-0.1, -0.05) is 12.1 Å². The molecule has 0 aliphatic heterocycles. The van der Waals surface area contributed by atoms with E-state index in [1.807, 2.05) is 6.07 Å². The normalized spacial score (nSPS) is 13.2. The molecule has 1 aromatic heterocycles. The minimum Gasteiger partial charge on any atom is -0.258 e. The molecule has 0 radical (unpaired) electrons. The third-order valence-corrected chi connectivity index (χ3v) is 4.97. The molecule has 5 nitrogen and oxygen atoms in total. The second kappa shape index (κ2) is 6.80. The van der Waals surface area contributed by atoms with Gasteiger partial charge in [-0.3, -0.25) is 10.1 Å². The van der Waals surface area contributed by atoms with Crippen molar-refractivity contribution in [2.24, 2.45) is 0 Å². The van der Waals surface area contributed by atoms with Gasteiger partial charge in [0.1, 0.15) is 11.1 Å². The number of nitro benzene ring substituents is 1. The van der Waals surface area contributed by atoms with E-state index < -0.39 is 4.92 Å². The number of aromatic nitrogens is 1. The summed E-state index contributed by atoms with van der Waals surface area (Å²) in [4.78, 5) is 14.9. The summed E-state index contributed by atoms with van der Waals surface area (Å²) in [5.74, 6) is 0.637. The average molecular weight is 325 g/mol. The van der Waals surface area contributed by atoms with Crippen LogP contribution in [-0.4, -0.2) is 9.91 Å². The van der Waals surface area contributed by atoms with Gasteiger partial charge in [0.2, 0.25) is 0 Å². The first-order valence-corrected chi connectivity index (χ1v) is 8.45. The van der Waals surface area contributed by atoms with Gasteiger partial charge in [-0.15, -0.1) is 11.8 Å². The topological polar surface area (TPSA) is 79.8 Å². The average Bonchev–Trinajstić information content (AvgIpc) is 2.59. The van der Waals surface area contributed by atoms with Crippen LogP contribution in [0.1, 0.15) is 35.2 Å². The number of nitrogens with zero attached hydrogens (tertiary/aromatic N) is 3. The van der Waals surface area contributed by atoms with Crippen LogP contribution >= 0.6 is 11.8 Å². The lowest BCUT2D eigenvalue weighted by molar-refractivity contribution is -0.384. The Labute approximate surface area is 138 Å². The number of pyridine rings is 1. The molecule has 0 spiro atoms. The van der Waals surface area contributed by atoms with Crippen molar-refractivity contribution in [3.05, 3.63) is 62.8 Å². The first-order chi connectivity index (χ1) is 11.2. The molecule has 116 valence electrons. The minimum absolute atomic E-state index is 0.0865. The largest absolute Gasteiger partial charge is 0.269 e. The van der Waals surface area contributed by atoms with Crippen molar-refractivity contribution < 1.29 is 4.92 Å². The van der Waals surface area contributed by atoms with E-state index >= 15 is 0 Å². The van der Waals surface area contributed by atoms with Gasteiger partial charge in [-0.05, 0) is 42.9 Å². The van der Waals surface area contributed by atoms with Crippen LogP contribution in [0, 0.1) is 21.4 Å². The Morgan fingerprint density at radius 2 is 2.00 bits per heavy atom. The highest BCUT2D eigenvalue weighted by Crippen LogP contribution is 2.29. The molecule has 0 amide bonds. The predicted octanol–water partition coefficient (Wildman–Crippen LogP) is 4.03. The molecule has 3 rings (SSSR count). The molecule has 0 saturated heterocycles. The number of nitriles is 1. The molecule has 23 heavy (non-hydrogen) atoms. The molecule has 1 aliphatic carbocycles. The molecule has 0 saturated carbocycles. The van der Waals surface area contributed by atoms with Gasteiger partial charge in [0.25, 0.3) is 5.69 Å². The van der Waals surface area contributed by atoms with Gasteiger partial charge in [0, 0.05) is 23.6 Å². The van der Waals surface area contributed by atoms with Crippen molar-refractivity contribution >= 4 is 17.4 Å². The number of non-ortho nitro benzene ring substituents is 1. The van der Waals surface area contributed by atoms with Crippen LogP contribution in [0.25, 0.3) is 0 Å². The van der Waals surface area contributed by atoms with E-state index in [2.05, 4.69) is 11.1 Å². The first-order valence-electron chi connectivity index (χ1n) is 7.46. The molecule has 6 heteroatoms. The third kappa shape index (κ3) is 3.51. The van der Waals surface area contributed by atoms with Crippen LogP contribution in [-0.2, 0) is 18.6 Å². The van der Waals surface area contributed by atoms with Crippen LogP contribution in [0.2, 0.25) is 0 Å². The van der Waals surface area contributed by atoms with Gasteiger partial charge in [0.15, 0.2) is 0 Å². The van der Waals surface area contributed by atoms with Crippen molar-refractivity contribution in [2.45, 2.75) is 36.5 Å². The van der Waals surface area contributed by atoms with Gasteiger partial charge in [-0.2, -0.15) is 5.26 Å². The highest BCUT2D eigenvalue weighted by atomic mass is 32.2. The Kier molecular flexibility index (Phi) is 4.58. The number of aryl methyl sites for hydroxylation is 2. The fourth-order valence-electron chi connectivity index (χ4n) is 2.67. The lowest BCUT2D eigenvalue weighted by Gasteiger charge is -2.16. The summed E-state index contributed by atoms with van der Waals surface area (Å²) in [6, 6.07) is 10.7. The summed E-state index contributed by atoms with van der Waals surface area (Å²) in [5, 5.41) is 20.8. The molecular weight excluding hydrogens is 310 g/mol. The molecule has 0 bridgehead atoms. The molecule has 0 atom stereocenters. The van der Waals surface area contributed by atoms with Crippen molar-refractivity contribution in [3.63, 3.8) is 0 Å². The fourth-order valence-corrected chi connectivity index (χ4v) is 3.60. The molecule has 0 fully saturated rings. The van der Waals surface area contributed by atoms with Crippen LogP contribution in [0.3, 0.4) is 0 Å². The van der Waals surface area contributed by atoms with Gasteiger partial charge < -0.3 is 0 Å². The van der Waals surface area contributed by atoms with Crippen molar-refractivity contribution in [3.8, 4) is 6.07 Å². The molecule has 1 aromatic carbocycles. The Morgan fingerprint density at radius 3 is 2.70 bits per heavy atom. The predicted molar refractivity (Wildman–Crippen MR) is 88.3 cm³/mol. The van der Waals surface area contributed by atoms with Crippen LogP contribution in [0.5, 0.6) is 0 Å². The number of nitro groups is 1. The standard InChI is InChI=1S/C17H15N3O2S/c18-10-14-9-13-3-1-2-4-16(13)19-17(14)23-11-12-5-7-15(8-6-12)20(21)22/h5-9H,1-4,11H2.